The quantitative estimate of drug-likeness (QED) is 0.182. The summed E-state index contributed by atoms with van der Waals surface area (Å²) in [6.45, 7) is 19.6. The highest BCUT2D eigenvalue weighted by Crippen LogP contribution is 2.44. The van der Waals surface area contributed by atoms with Crippen molar-refractivity contribution in [2.45, 2.75) is 174 Å². The number of amides is 3. The zero-order chi connectivity index (χ0) is 47.7. The van der Waals surface area contributed by atoms with Gasteiger partial charge in [-0.1, -0.05) is 57.0 Å². The number of hydrogen-bond donors (Lipinski definition) is 1. The minimum Gasteiger partial charge on any atom is -0.458 e. The Balaban J connectivity index is 1.63. The summed E-state index contributed by atoms with van der Waals surface area (Å²) in [4.78, 5) is 75.0. The zero-order valence-corrected chi connectivity index (χ0v) is 41.0. The van der Waals surface area contributed by atoms with E-state index in [-0.39, 0.29) is 50.0 Å². The van der Waals surface area contributed by atoms with Crippen LogP contribution in [-0.4, -0.2) is 149 Å². The van der Waals surface area contributed by atoms with Gasteiger partial charge in [-0.25, -0.2) is 19.3 Å². The number of carbonyl (C=O) groups excluding carboxylic acids is 5. The summed E-state index contributed by atoms with van der Waals surface area (Å²) in [7, 11) is 3.39. The van der Waals surface area contributed by atoms with Crippen molar-refractivity contribution >= 4 is 53.2 Å². The molecule has 0 spiro atoms. The number of rotatable bonds is 10. The number of halogens is 2. The summed E-state index contributed by atoms with van der Waals surface area (Å²) in [6.07, 6.45) is -7.83. The number of nitrogens with zero attached hydrogens (tertiary/aromatic N) is 3. The number of fused-ring (bicyclic) bond motifs is 1. The largest absolute Gasteiger partial charge is 0.458 e. The van der Waals surface area contributed by atoms with Gasteiger partial charge in [-0.2, -0.15) is 0 Å². The Morgan fingerprint density at radius 3 is 2.27 bits per heavy atom. The molecule has 0 aliphatic carbocycles. The van der Waals surface area contributed by atoms with Crippen molar-refractivity contribution in [3.05, 3.63) is 33.8 Å². The maximum Gasteiger partial charge on any atom is 0.419 e. The SMILES string of the molecule is CC[C@H]1OC(=O)[C@H](C)[C@@H](OC(=O)N2C(=O)OC[C@@H]2C)[C@H](C)[C@@H](O[C@@H]2O[C@H](C)C[C@H](N(C)C(C)C)[C@H]2O)[C@@](C)(OC)C[C@@H](C)C(=O)[C@H](C)[C@H]2N(CCc3ccc(Cl)c(Cl)c3)C(=O)O[C@]12C. The van der Waals surface area contributed by atoms with Crippen LogP contribution in [0, 0.1) is 23.7 Å². The van der Waals surface area contributed by atoms with Crippen LogP contribution < -0.4 is 0 Å². The monoisotopic (exact) mass is 941 g/mol. The number of likely N-dealkylation sites (N-methyl/N-ethyl adjacent to an activating group) is 1. The van der Waals surface area contributed by atoms with Crippen LogP contribution in [0.25, 0.3) is 0 Å². The summed E-state index contributed by atoms with van der Waals surface area (Å²) >= 11 is 12.5. The Bertz CT molecular complexity index is 1870. The third-order valence-electron chi connectivity index (χ3n) is 14.2. The highest BCUT2D eigenvalue weighted by atomic mass is 35.5. The van der Waals surface area contributed by atoms with Gasteiger partial charge in [0.05, 0.1) is 45.9 Å². The Morgan fingerprint density at radius 2 is 1.69 bits per heavy atom. The number of esters is 1. The lowest BCUT2D eigenvalue weighted by atomic mass is 9.73. The van der Waals surface area contributed by atoms with E-state index >= 15 is 0 Å². The number of hydrogen-bond acceptors (Lipinski definition) is 14. The summed E-state index contributed by atoms with van der Waals surface area (Å²) in [5.74, 6) is -4.79. The van der Waals surface area contributed by atoms with E-state index < -0.39 is 102 Å². The summed E-state index contributed by atoms with van der Waals surface area (Å²) in [5, 5.41) is 12.7. The maximum atomic E-state index is 15.0. The summed E-state index contributed by atoms with van der Waals surface area (Å²) in [6, 6.07) is 3.33. The fraction of sp³-hybridized carbons (Fsp3) is 0.761. The van der Waals surface area contributed by atoms with Crippen molar-refractivity contribution in [1.82, 2.24) is 14.7 Å². The van der Waals surface area contributed by atoms with Gasteiger partial charge in [0.15, 0.2) is 11.9 Å². The normalized spacial score (nSPS) is 37.9. The molecule has 0 bridgehead atoms. The van der Waals surface area contributed by atoms with Crippen molar-refractivity contribution in [2.75, 3.05) is 27.3 Å². The molecular weight excluding hydrogens is 873 g/mol. The van der Waals surface area contributed by atoms with Crippen LogP contribution in [0.4, 0.5) is 14.4 Å². The van der Waals surface area contributed by atoms with E-state index in [1.54, 1.807) is 73.6 Å². The van der Waals surface area contributed by atoms with E-state index in [2.05, 4.69) is 4.90 Å². The van der Waals surface area contributed by atoms with Gasteiger partial charge in [-0.05, 0) is 98.9 Å². The third kappa shape index (κ3) is 10.5. The van der Waals surface area contributed by atoms with Gasteiger partial charge < -0.3 is 38.3 Å². The number of aliphatic hydroxyl groups is 1. The van der Waals surface area contributed by atoms with Crippen molar-refractivity contribution in [2.24, 2.45) is 23.7 Å². The first-order valence-corrected chi connectivity index (χ1v) is 23.3. The molecule has 0 unspecified atom stereocenters. The van der Waals surface area contributed by atoms with Crippen molar-refractivity contribution in [3.63, 3.8) is 0 Å². The van der Waals surface area contributed by atoms with Crippen LogP contribution in [0.15, 0.2) is 18.2 Å². The first-order chi connectivity index (χ1) is 29.9. The van der Waals surface area contributed by atoms with Gasteiger partial charge in [0.2, 0.25) is 0 Å². The highest BCUT2D eigenvalue weighted by Gasteiger charge is 2.61. The average molecular weight is 943 g/mol. The van der Waals surface area contributed by atoms with E-state index in [0.29, 0.717) is 22.9 Å². The Morgan fingerprint density at radius 1 is 1.02 bits per heavy atom. The highest BCUT2D eigenvalue weighted by molar-refractivity contribution is 6.42. The molecule has 0 saturated carbocycles. The molecular formula is C46H69Cl2N3O13. The van der Waals surface area contributed by atoms with Crippen LogP contribution in [0.3, 0.4) is 0 Å². The topological polar surface area (TPSA) is 180 Å². The molecule has 4 aliphatic heterocycles. The number of Topliss-reactive ketones (excluding diaryl/α,β-unsaturated/α-hetero) is 1. The van der Waals surface area contributed by atoms with Gasteiger partial charge in [-0.3, -0.25) is 19.4 Å². The second-order valence-electron chi connectivity index (χ2n) is 19.1. The fourth-order valence-corrected chi connectivity index (χ4v) is 10.5. The number of imide groups is 1. The predicted molar refractivity (Wildman–Crippen MR) is 237 cm³/mol. The summed E-state index contributed by atoms with van der Waals surface area (Å²) < 4.78 is 43.4. The first kappa shape index (κ1) is 51.7. The van der Waals surface area contributed by atoms with Crippen LogP contribution in [0.2, 0.25) is 10.0 Å². The average Bonchev–Trinajstić information content (AvgIpc) is 3.72. The molecule has 0 aromatic heterocycles. The lowest BCUT2D eigenvalue weighted by Crippen LogP contribution is -2.61. The van der Waals surface area contributed by atoms with E-state index in [0.717, 1.165) is 10.5 Å². The minimum atomic E-state index is -1.52. The van der Waals surface area contributed by atoms with Gasteiger partial charge in [0.25, 0.3) is 0 Å². The van der Waals surface area contributed by atoms with Gasteiger partial charge in [-0.15, -0.1) is 0 Å². The molecule has 15 atom stereocenters. The van der Waals surface area contributed by atoms with Crippen LogP contribution in [-0.2, 0) is 49.2 Å². The Labute approximate surface area is 387 Å². The van der Waals surface area contributed by atoms with Crippen LogP contribution >= 0.6 is 23.2 Å². The van der Waals surface area contributed by atoms with E-state index in [1.807, 2.05) is 27.8 Å². The second-order valence-corrected chi connectivity index (χ2v) is 19.9. The maximum absolute atomic E-state index is 15.0. The van der Waals surface area contributed by atoms with E-state index in [4.69, 9.17) is 56.4 Å². The number of ether oxygens (including phenoxy) is 7. The number of aliphatic hydroxyl groups excluding tert-OH is 1. The number of cyclic esters (lactones) is 2. The molecule has 16 nitrogen and oxygen atoms in total. The van der Waals surface area contributed by atoms with Gasteiger partial charge in [0, 0.05) is 43.5 Å². The number of methoxy groups -OCH3 is 1. The molecule has 1 aromatic carbocycles. The van der Waals surface area contributed by atoms with Crippen LogP contribution in [0.1, 0.15) is 101 Å². The van der Waals surface area contributed by atoms with Gasteiger partial charge in [0.1, 0.15) is 30.7 Å². The number of carbonyl (C=O) groups is 5. The van der Waals surface area contributed by atoms with E-state index in [1.165, 1.54) is 12.0 Å². The molecule has 4 heterocycles. The standard InChI is InChI=1S/C46H69Cl2N3O13/c1-14-34-46(11)38(50(42(55)64-46)18-17-30-15-16-31(47)32(48)20-30)27(7)35(52)24(4)21-45(10,58-13)39(63-41-36(53)33(19-26(6)60-41)49(12)23(2)3)28(8)37(29(9)40(54)61-34)62-44(57)51-25(5)22-59-43(51)56/h15-16,20,23-29,33-34,36-39,41,53H,14,17-19,21-22H2,1-13H3/t24-,25+,26-,27+,28+,29-,33+,34-,36-,37+,38-,39-,41+,45+,46-/m1/s1. The third-order valence-corrected chi connectivity index (χ3v) is 14.9. The molecule has 18 heteroatoms. The molecule has 3 amide bonds. The fourth-order valence-electron chi connectivity index (χ4n) is 10.2. The molecule has 4 aliphatic rings. The molecule has 360 valence electrons. The lowest BCUT2D eigenvalue weighted by Gasteiger charge is -2.49. The minimum absolute atomic E-state index is 0.0447. The molecule has 0 radical (unpaired) electrons. The van der Waals surface area contributed by atoms with Gasteiger partial charge >= 0.3 is 24.2 Å². The predicted octanol–water partition coefficient (Wildman–Crippen LogP) is 7.30. The van der Waals surface area contributed by atoms with Crippen molar-refractivity contribution < 1.29 is 62.2 Å². The van der Waals surface area contributed by atoms with Crippen molar-refractivity contribution in [3.8, 4) is 0 Å². The second kappa shape index (κ2) is 20.7. The molecule has 4 saturated heterocycles. The molecule has 1 aromatic rings. The van der Waals surface area contributed by atoms with Crippen molar-refractivity contribution in [1.29, 1.82) is 0 Å². The molecule has 1 N–H and O–H groups in total. The Hall–Kier alpha value is -3.25. The molecule has 64 heavy (non-hydrogen) atoms. The number of benzene rings is 1. The molecule has 4 fully saturated rings. The smallest absolute Gasteiger partial charge is 0.419 e. The number of ketones is 1. The zero-order valence-electron chi connectivity index (χ0n) is 39.5. The van der Waals surface area contributed by atoms with E-state index in [9.17, 15) is 29.1 Å². The Kier molecular flexibility index (Phi) is 16.8. The molecule has 5 rings (SSSR count). The van der Waals surface area contributed by atoms with Crippen LogP contribution in [0.5, 0.6) is 0 Å². The summed E-state index contributed by atoms with van der Waals surface area (Å²) in [5.41, 5.74) is -2.11. The first-order valence-electron chi connectivity index (χ1n) is 22.5. The lowest BCUT2D eigenvalue weighted by molar-refractivity contribution is -0.302.